The van der Waals surface area contributed by atoms with Crippen LogP contribution in [0.25, 0.3) is 0 Å². The third-order valence-corrected chi connectivity index (χ3v) is 7.85. The van der Waals surface area contributed by atoms with Gasteiger partial charge in [0.05, 0.1) is 13.2 Å². The van der Waals surface area contributed by atoms with E-state index in [1.807, 2.05) is 18.2 Å². The molecule has 2 unspecified atom stereocenters. The summed E-state index contributed by atoms with van der Waals surface area (Å²) in [7, 11) is 2.16. The average Bonchev–Trinajstić information content (AvgIpc) is 2.93. The first kappa shape index (κ1) is 32.4. The second-order valence-electron chi connectivity index (χ2n) is 11.2. The SMILES string of the molecule is CCCCC(CC)COc1cc(COC(=O)CCCN2CCN(C)CC2)cc(OCC(CC)CCCC)c1. The lowest BCUT2D eigenvalue weighted by molar-refractivity contribution is -0.145. The minimum atomic E-state index is -0.135. The first-order valence-electron chi connectivity index (χ1n) is 15.4. The van der Waals surface area contributed by atoms with Gasteiger partial charge < -0.3 is 24.0 Å². The summed E-state index contributed by atoms with van der Waals surface area (Å²) >= 11 is 0. The molecule has 0 aliphatic carbocycles. The number of unbranched alkanes of at least 4 members (excludes halogenated alkanes) is 2. The lowest BCUT2D eigenvalue weighted by Gasteiger charge is -2.32. The predicted molar refractivity (Wildman–Crippen MR) is 157 cm³/mol. The largest absolute Gasteiger partial charge is 0.493 e. The quantitative estimate of drug-likeness (QED) is 0.169. The molecule has 0 amide bonds. The minimum Gasteiger partial charge on any atom is -0.493 e. The Labute approximate surface area is 233 Å². The Bertz CT molecular complexity index is 726. The molecule has 1 aliphatic heterocycles. The van der Waals surface area contributed by atoms with Gasteiger partial charge in [0.2, 0.25) is 0 Å². The van der Waals surface area contributed by atoms with Gasteiger partial charge in [0.15, 0.2) is 0 Å². The van der Waals surface area contributed by atoms with Crippen LogP contribution in [0.4, 0.5) is 0 Å². The van der Waals surface area contributed by atoms with Gasteiger partial charge in [0.1, 0.15) is 18.1 Å². The minimum absolute atomic E-state index is 0.135. The number of benzene rings is 1. The van der Waals surface area contributed by atoms with Crippen LogP contribution in [0.15, 0.2) is 18.2 Å². The first-order chi connectivity index (χ1) is 18.5. The van der Waals surface area contributed by atoms with E-state index in [2.05, 4.69) is 44.5 Å². The van der Waals surface area contributed by atoms with Gasteiger partial charge in [-0.05, 0) is 62.4 Å². The van der Waals surface area contributed by atoms with Crippen LogP contribution in [0.5, 0.6) is 11.5 Å². The van der Waals surface area contributed by atoms with Gasteiger partial charge in [0, 0.05) is 38.7 Å². The van der Waals surface area contributed by atoms with E-state index in [-0.39, 0.29) is 12.6 Å². The van der Waals surface area contributed by atoms with E-state index in [4.69, 9.17) is 14.2 Å². The van der Waals surface area contributed by atoms with E-state index in [0.29, 0.717) is 31.5 Å². The van der Waals surface area contributed by atoms with Crippen molar-refractivity contribution in [3.8, 4) is 11.5 Å². The summed E-state index contributed by atoms with van der Waals surface area (Å²) in [5.41, 5.74) is 0.924. The van der Waals surface area contributed by atoms with Crippen LogP contribution >= 0.6 is 0 Å². The predicted octanol–water partition coefficient (Wildman–Crippen LogP) is 6.95. The lowest BCUT2D eigenvalue weighted by atomic mass is 10.0. The summed E-state index contributed by atoms with van der Waals surface area (Å²) in [5, 5.41) is 0. The van der Waals surface area contributed by atoms with Crippen molar-refractivity contribution in [2.75, 3.05) is 53.0 Å². The number of likely N-dealkylation sites (N-methyl/N-ethyl adjacent to an activating group) is 1. The Kier molecular flexibility index (Phi) is 16.5. The highest BCUT2D eigenvalue weighted by atomic mass is 16.5. The number of rotatable bonds is 20. The van der Waals surface area contributed by atoms with Crippen molar-refractivity contribution in [3.63, 3.8) is 0 Å². The van der Waals surface area contributed by atoms with E-state index in [9.17, 15) is 4.79 Å². The van der Waals surface area contributed by atoms with Crippen molar-refractivity contribution in [1.82, 2.24) is 9.80 Å². The highest BCUT2D eigenvalue weighted by Crippen LogP contribution is 2.26. The number of carbonyl (C=O) groups excluding carboxylic acids is 1. The summed E-state index contributed by atoms with van der Waals surface area (Å²) in [6, 6.07) is 6.01. The van der Waals surface area contributed by atoms with Crippen molar-refractivity contribution in [2.45, 2.75) is 98.5 Å². The van der Waals surface area contributed by atoms with Gasteiger partial charge >= 0.3 is 5.97 Å². The van der Waals surface area contributed by atoms with E-state index < -0.39 is 0 Å². The van der Waals surface area contributed by atoms with Crippen molar-refractivity contribution >= 4 is 5.97 Å². The monoisotopic (exact) mass is 532 g/mol. The molecule has 1 aliphatic rings. The highest BCUT2D eigenvalue weighted by molar-refractivity contribution is 5.69. The maximum absolute atomic E-state index is 12.5. The molecule has 38 heavy (non-hydrogen) atoms. The topological polar surface area (TPSA) is 51.2 Å². The molecular weight excluding hydrogens is 476 g/mol. The zero-order valence-corrected chi connectivity index (χ0v) is 25.1. The molecule has 6 nitrogen and oxygen atoms in total. The molecule has 1 aromatic carbocycles. The molecule has 1 heterocycles. The zero-order valence-electron chi connectivity index (χ0n) is 25.1. The number of esters is 1. The van der Waals surface area contributed by atoms with Gasteiger partial charge in [-0.15, -0.1) is 0 Å². The molecular formula is C32H56N2O4. The van der Waals surface area contributed by atoms with Crippen molar-refractivity contribution in [3.05, 3.63) is 23.8 Å². The Morgan fingerprint density at radius 1 is 0.816 bits per heavy atom. The van der Waals surface area contributed by atoms with E-state index in [0.717, 1.165) is 69.0 Å². The molecule has 0 saturated carbocycles. The van der Waals surface area contributed by atoms with Gasteiger partial charge in [-0.1, -0.05) is 66.2 Å². The molecule has 0 aromatic heterocycles. The summed E-state index contributed by atoms with van der Waals surface area (Å²) in [4.78, 5) is 17.3. The van der Waals surface area contributed by atoms with Crippen LogP contribution in [0.3, 0.4) is 0 Å². The highest BCUT2D eigenvalue weighted by Gasteiger charge is 2.15. The summed E-state index contributed by atoms with van der Waals surface area (Å²) in [6.45, 7) is 15.9. The third-order valence-electron chi connectivity index (χ3n) is 7.85. The molecule has 218 valence electrons. The van der Waals surface area contributed by atoms with Crippen LogP contribution in [-0.2, 0) is 16.1 Å². The number of hydrogen-bond donors (Lipinski definition) is 0. The molecule has 1 saturated heterocycles. The fraction of sp³-hybridized carbons (Fsp3) is 0.781. The van der Waals surface area contributed by atoms with E-state index in [1.165, 1.54) is 38.5 Å². The molecule has 1 aromatic rings. The molecule has 2 rings (SSSR count). The number of nitrogens with zero attached hydrogens (tertiary/aromatic N) is 2. The van der Waals surface area contributed by atoms with Gasteiger partial charge in [-0.2, -0.15) is 0 Å². The number of carbonyl (C=O) groups is 1. The Morgan fingerprint density at radius 2 is 1.37 bits per heavy atom. The van der Waals surface area contributed by atoms with Crippen molar-refractivity contribution in [2.24, 2.45) is 11.8 Å². The third kappa shape index (κ3) is 13.3. The summed E-state index contributed by atoms with van der Waals surface area (Å²) < 4.78 is 18.2. The van der Waals surface area contributed by atoms with Crippen LogP contribution < -0.4 is 9.47 Å². The molecule has 6 heteroatoms. The van der Waals surface area contributed by atoms with Gasteiger partial charge in [-0.3, -0.25) is 4.79 Å². The average molecular weight is 533 g/mol. The van der Waals surface area contributed by atoms with E-state index in [1.54, 1.807) is 0 Å². The van der Waals surface area contributed by atoms with Crippen LogP contribution in [0.1, 0.15) is 97.5 Å². The first-order valence-corrected chi connectivity index (χ1v) is 15.4. The van der Waals surface area contributed by atoms with E-state index >= 15 is 0 Å². The number of piperazine rings is 1. The Balaban J connectivity index is 1.93. The molecule has 1 fully saturated rings. The van der Waals surface area contributed by atoms with Crippen LogP contribution in [0.2, 0.25) is 0 Å². The fourth-order valence-electron chi connectivity index (χ4n) is 4.86. The lowest BCUT2D eigenvalue weighted by Crippen LogP contribution is -2.44. The Hall–Kier alpha value is -1.79. The summed E-state index contributed by atoms with van der Waals surface area (Å²) in [5.74, 6) is 2.59. The molecule has 2 atom stereocenters. The summed E-state index contributed by atoms with van der Waals surface area (Å²) in [6.07, 6.45) is 10.8. The second kappa shape index (κ2) is 19.3. The smallest absolute Gasteiger partial charge is 0.306 e. The standard InChI is InChI=1S/C32H56N2O4/c1-6-10-13-27(8-3)24-36-30-21-29(22-31(23-30)37-25-28(9-4)14-11-7-2)26-38-32(35)15-12-16-34-19-17-33(5)18-20-34/h21-23,27-28H,6-20,24-26H2,1-5H3. The fourth-order valence-corrected chi connectivity index (χ4v) is 4.86. The van der Waals surface area contributed by atoms with Crippen LogP contribution in [-0.4, -0.2) is 68.8 Å². The van der Waals surface area contributed by atoms with Crippen molar-refractivity contribution in [1.29, 1.82) is 0 Å². The van der Waals surface area contributed by atoms with Crippen LogP contribution in [0, 0.1) is 11.8 Å². The molecule has 0 spiro atoms. The maximum Gasteiger partial charge on any atom is 0.306 e. The maximum atomic E-state index is 12.5. The Morgan fingerprint density at radius 3 is 1.87 bits per heavy atom. The number of ether oxygens (including phenoxy) is 3. The second-order valence-corrected chi connectivity index (χ2v) is 11.2. The zero-order chi connectivity index (χ0) is 27.6. The van der Waals surface area contributed by atoms with Gasteiger partial charge in [-0.25, -0.2) is 0 Å². The van der Waals surface area contributed by atoms with Crippen molar-refractivity contribution < 1.29 is 19.0 Å². The molecule has 0 N–H and O–H groups in total. The number of hydrogen-bond acceptors (Lipinski definition) is 6. The van der Waals surface area contributed by atoms with Gasteiger partial charge in [0.25, 0.3) is 0 Å². The normalized spacial score (nSPS) is 16.2. The molecule has 0 radical (unpaired) electrons. The molecule has 0 bridgehead atoms.